The number of imidazole rings is 2. The summed E-state index contributed by atoms with van der Waals surface area (Å²) in [5, 5.41) is 10.9. The number of aliphatic imine (C=N–C) groups is 1. The lowest BCUT2D eigenvalue weighted by molar-refractivity contribution is 0.262. The highest BCUT2D eigenvalue weighted by Crippen LogP contribution is 2.30. The van der Waals surface area contributed by atoms with E-state index in [-0.39, 0.29) is 5.76 Å². The van der Waals surface area contributed by atoms with Crippen molar-refractivity contribution in [2.75, 3.05) is 13.1 Å². The molecule has 1 atom stereocenters. The van der Waals surface area contributed by atoms with Crippen molar-refractivity contribution < 1.29 is 5.11 Å². The first-order chi connectivity index (χ1) is 21.4. The van der Waals surface area contributed by atoms with Crippen LogP contribution in [0.5, 0.6) is 0 Å². The number of hydrogen-bond acceptors (Lipinski definition) is 5. The van der Waals surface area contributed by atoms with Gasteiger partial charge in [0.25, 0.3) is 0 Å². The van der Waals surface area contributed by atoms with E-state index in [1.165, 1.54) is 41.7 Å². The lowest BCUT2D eigenvalue weighted by Crippen LogP contribution is -2.26. The Morgan fingerprint density at radius 3 is 2.80 bits per heavy atom. The molecule has 2 aromatic heterocycles. The van der Waals surface area contributed by atoms with E-state index in [4.69, 9.17) is 21.6 Å². The molecule has 1 fully saturated rings. The third-order valence-electron chi connectivity index (χ3n) is 9.32. The van der Waals surface area contributed by atoms with Crippen molar-refractivity contribution >= 4 is 34.1 Å². The molecule has 0 saturated carbocycles. The minimum absolute atomic E-state index is 0.0740. The molecule has 1 saturated heterocycles. The van der Waals surface area contributed by atoms with Crippen LogP contribution in [0.4, 0.5) is 0 Å². The Morgan fingerprint density at radius 2 is 1.98 bits per heavy atom. The van der Waals surface area contributed by atoms with Gasteiger partial charge in [-0.25, -0.2) is 9.97 Å². The molecule has 0 amide bonds. The Kier molecular flexibility index (Phi) is 9.33. The molecule has 230 valence electrons. The van der Waals surface area contributed by atoms with E-state index in [2.05, 4.69) is 57.8 Å². The number of allylic oxidation sites excluding steroid dienone is 1. The average molecular weight is 611 g/mol. The monoisotopic (exact) mass is 610 g/mol. The van der Waals surface area contributed by atoms with E-state index in [1.54, 1.807) is 0 Å². The fourth-order valence-corrected chi connectivity index (χ4v) is 6.99. The minimum Gasteiger partial charge on any atom is -0.508 e. The van der Waals surface area contributed by atoms with Crippen molar-refractivity contribution in [1.82, 2.24) is 24.0 Å². The van der Waals surface area contributed by atoms with Crippen molar-refractivity contribution in [2.24, 2.45) is 10.9 Å². The quantitative estimate of drug-likeness (QED) is 0.174. The fourth-order valence-electron chi connectivity index (χ4n) is 6.77. The first-order valence-corrected chi connectivity index (χ1v) is 16.3. The van der Waals surface area contributed by atoms with Crippen LogP contribution in [-0.2, 0) is 26.1 Å². The Bertz CT molecular complexity index is 1710. The van der Waals surface area contributed by atoms with Gasteiger partial charge in [-0.1, -0.05) is 24.2 Å². The number of aryl methyl sites for hydroxylation is 3. The number of aromatic nitrogens is 4. The van der Waals surface area contributed by atoms with Gasteiger partial charge in [-0.05, 0) is 118 Å². The Hall–Kier alpha value is -3.68. The Balaban J connectivity index is 1.07. The van der Waals surface area contributed by atoms with E-state index < -0.39 is 0 Å². The second-order valence-corrected chi connectivity index (χ2v) is 12.9. The summed E-state index contributed by atoms with van der Waals surface area (Å²) in [6, 6.07) is 12.1. The number of hydrogen-bond donors (Lipinski definition) is 1. The highest BCUT2D eigenvalue weighted by molar-refractivity contribution is 6.30. The number of benzene rings is 2. The van der Waals surface area contributed by atoms with Crippen LogP contribution in [0.1, 0.15) is 73.7 Å². The molecular weight excluding hydrogens is 568 g/mol. The zero-order valence-corrected chi connectivity index (χ0v) is 26.7. The molecule has 2 aromatic carbocycles. The first kappa shape index (κ1) is 30.4. The van der Waals surface area contributed by atoms with Crippen LogP contribution in [-0.4, -0.2) is 47.9 Å². The van der Waals surface area contributed by atoms with Crippen molar-refractivity contribution in [1.29, 1.82) is 0 Å². The van der Waals surface area contributed by atoms with Crippen molar-refractivity contribution in [3.8, 4) is 0 Å². The van der Waals surface area contributed by atoms with Gasteiger partial charge in [0.05, 0.1) is 36.1 Å². The summed E-state index contributed by atoms with van der Waals surface area (Å²) in [5.41, 5.74) is 9.24. The summed E-state index contributed by atoms with van der Waals surface area (Å²) < 4.78 is 4.47. The van der Waals surface area contributed by atoms with E-state index in [1.807, 2.05) is 36.8 Å². The van der Waals surface area contributed by atoms with Gasteiger partial charge in [0.2, 0.25) is 0 Å². The summed E-state index contributed by atoms with van der Waals surface area (Å²) in [7, 11) is 0. The summed E-state index contributed by atoms with van der Waals surface area (Å²) in [6.07, 6.45) is 13.8. The second-order valence-electron chi connectivity index (χ2n) is 12.4. The highest BCUT2D eigenvalue weighted by Gasteiger charge is 2.23. The number of rotatable bonds is 11. The van der Waals surface area contributed by atoms with Gasteiger partial charge in [0, 0.05) is 41.7 Å². The first-order valence-electron chi connectivity index (χ1n) is 15.9. The summed E-state index contributed by atoms with van der Waals surface area (Å²) >= 11 is 6.14. The molecule has 2 aliphatic rings. The topological polar surface area (TPSA) is 71.5 Å². The normalized spacial score (nSPS) is 17.6. The Labute approximate surface area is 265 Å². The van der Waals surface area contributed by atoms with E-state index in [0.717, 1.165) is 85.0 Å². The molecule has 7 nitrogen and oxygen atoms in total. The lowest BCUT2D eigenvalue weighted by Gasteiger charge is -2.21. The molecule has 8 heteroatoms. The summed E-state index contributed by atoms with van der Waals surface area (Å²) in [5.74, 6) is 1.82. The standard InChI is InChI=1S/C36H43ClN6O/c1-4-42-24-38-21-33(42)22-43-35-19-30(26(3)44)9-12-34(35)40-36(43)23-41-14-5-6-27(13-15-41)17-28-18-32(39-20-28)11-8-29-7-10-31(37)16-25(29)2/h7,9-10,12,16,19-21,24,27,44H,3-6,8,11,13-15,17-18,22-23H2,1-2H3/t27-/m0/s1. The molecule has 0 unspecified atom stereocenters. The van der Waals surface area contributed by atoms with Crippen LogP contribution in [0.2, 0.25) is 5.02 Å². The van der Waals surface area contributed by atoms with Crippen LogP contribution in [0.25, 0.3) is 16.8 Å². The van der Waals surface area contributed by atoms with Crippen LogP contribution >= 0.6 is 11.6 Å². The van der Waals surface area contributed by atoms with Crippen molar-refractivity contribution in [3.63, 3.8) is 0 Å². The van der Waals surface area contributed by atoms with Gasteiger partial charge in [-0.2, -0.15) is 0 Å². The third kappa shape index (κ3) is 7.00. The predicted molar refractivity (Wildman–Crippen MR) is 180 cm³/mol. The molecule has 1 N–H and O–H groups in total. The Morgan fingerprint density at radius 1 is 1.09 bits per heavy atom. The van der Waals surface area contributed by atoms with Gasteiger partial charge in [0.1, 0.15) is 11.6 Å². The molecule has 6 rings (SSSR count). The molecule has 0 spiro atoms. The van der Waals surface area contributed by atoms with Crippen molar-refractivity contribution in [3.05, 3.63) is 101 Å². The van der Waals surface area contributed by atoms with Gasteiger partial charge < -0.3 is 14.2 Å². The highest BCUT2D eigenvalue weighted by atomic mass is 35.5. The van der Waals surface area contributed by atoms with Crippen LogP contribution in [0.15, 0.2) is 72.3 Å². The summed E-state index contributed by atoms with van der Waals surface area (Å²) in [4.78, 5) is 16.9. The zero-order valence-electron chi connectivity index (χ0n) is 26.0. The van der Waals surface area contributed by atoms with Crippen molar-refractivity contribution in [2.45, 2.75) is 78.4 Å². The lowest BCUT2D eigenvalue weighted by atomic mass is 9.91. The minimum atomic E-state index is 0.0740. The maximum atomic E-state index is 10.1. The number of aliphatic hydroxyl groups is 1. The fraction of sp³-hybridized carbons (Fsp3) is 0.417. The van der Waals surface area contributed by atoms with Crippen LogP contribution in [0, 0.1) is 12.8 Å². The molecule has 0 aliphatic carbocycles. The van der Waals surface area contributed by atoms with Gasteiger partial charge >= 0.3 is 0 Å². The second kappa shape index (κ2) is 13.5. The molecule has 2 aliphatic heterocycles. The van der Waals surface area contributed by atoms with Gasteiger partial charge in [0.15, 0.2) is 0 Å². The molecular formula is C36H43ClN6O. The van der Waals surface area contributed by atoms with E-state index >= 15 is 0 Å². The van der Waals surface area contributed by atoms with Crippen LogP contribution in [0.3, 0.4) is 0 Å². The molecule has 0 radical (unpaired) electrons. The van der Waals surface area contributed by atoms with Crippen LogP contribution < -0.4 is 0 Å². The third-order valence-corrected chi connectivity index (χ3v) is 9.56. The smallest absolute Gasteiger partial charge is 0.124 e. The molecule has 0 bridgehead atoms. The molecule has 4 aromatic rings. The predicted octanol–water partition coefficient (Wildman–Crippen LogP) is 8.15. The zero-order chi connectivity index (χ0) is 30.6. The van der Waals surface area contributed by atoms with Gasteiger partial charge in [-0.15, -0.1) is 0 Å². The number of halogens is 1. The molecule has 4 heterocycles. The molecule has 44 heavy (non-hydrogen) atoms. The summed E-state index contributed by atoms with van der Waals surface area (Å²) in [6.45, 7) is 12.5. The maximum Gasteiger partial charge on any atom is 0.124 e. The SMILES string of the molecule is C=C(O)c1ccc2nc(CN3CCC[C@H](CC4=CN=C(CCc5ccc(Cl)cc5C)C4)CC3)n(Cc3cncn3CC)c2c1. The largest absolute Gasteiger partial charge is 0.508 e. The number of fused-ring (bicyclic) bond motifs is 1. The van der Waals surface area contributed by atoms with E-state index in [9.17, 15) is 5.11 Å². The average Bonchev–Trinajstić information content (AvgIpc) is 3.69. The van der Waals surface area contributed by atoms with Gasteiger partial charge in [-0.3, -0.25) is 9.89 Å². The van der Waals surface area contributed by atoms with E-state index in [0.29, 0.717) is 12.5 Å². The number of aliphatic hydroxyl groups excluding tert-OH is 1. The number of likely N-dealkylation sites (tertiary alicyclic amines) is 1. The number of nitrogens with zero attached hydrogens (tertiary/aromatic N) is 6. The maximum absolute atomic E-state index is 10.1.